The van der Waals surface area contributed by atoms with Gasteiger partial charge >= 0.3 is 0 Å². The normalized spacial score (nSPS) is 23.5. The average Bonchev–Trinajstić information content (AvgIpc) is 3.01. The number of fused-ring (bicyclic) bond motifs is 2. The van der Waals surface area contributed by atoms with Crippen LogP contribution in [-0.4, -0.2) is 32.5 Å². The zero-order valence-corrected chi connectivity index (χ0v) is 16.9. The number of hydrogen-bond acceptors (Lipinski definition) is 4. The number of rotatable bonds is 5. The van der Waals surface area contributed by atoms with Crippen LogP contribution in [0.2, 0.25) is 0 Å². The minimum Gasteiger partial charge on any atom is -0.349 e. The fourth-order valence-corrected chi connectivity index (χ4v) is 5.03. The fourth-order valence-electron chi connectivity index (χ4n) is 3.95. The summed E-state index contributed by atoms with van der Waals surface area (Å²) in [7, 11) is -3.63. The Morgan fingerprint density at radius 3 is 2.14 bits per heavy atom. The van der Waals surface area contributed by atoms with Crippen LogP contribution in [-0.2, 0) is 10.0 Å². The van der Waals surface area contributed by atoms with Crippen LogP contribution in [0.5, 0.6) is 0 Å². The van der Waals surface area contributed by atoms with Gasteiger partial charge in [-0.1, -0.05) is 18.2 Å². The van der Waals surface area contributed by atoms with E-state index in [1.165, 1.54) is 25.0 Å². The quantitative estimate of drug-likeness (QED) is 0.692. The molecule has 2 aliphatic rings. The zero-order valence-electron chi connectivity index (χ0n) is 15.3. The molecule has 150 valence electrons. The van der Waals surface area contributed by atoms with Crippen molar-refractivity contribution in [1.29, 1.82) is 0 Å². The van der Waals surface area contributed by atoms with Crippen LogP contribution in [0.4, 0.5) is 5.69 Å². The fraction of sp³-hybridized carbons (Fsp3) is 0.350. The van der Waals surface area contributed by atoms with Crippen molar-refractivity contribution in [3.05, 3.63) is 60.2 Å². The molecule has 2 unspecified atom stereocenters. The van der Waals surface area contributed by atoms with Crippen molar-refractivity contribution in [2.75, 3.05) is 4.72 Å². The van der Waals surface area contributed by atoms with Gasteiger partial charge in [-0.3, -0.25) is 9.52 Å². The highest BCUT2D eigenvalue weighted by Crippen LogP contribution is 2.27. The van der Waals surface area contributed by atoms with Crippen LogP contribution in [0, 0.1) is 0 Å². The van der Waals surface area contributed by atoms with Gasteiger partial charge in [-0.15, -0.1) is 12.4 Å². The van der Waals surface area contributed by atoms with E-state index in [0.29, 0.717) is 23.3 Å². The molecular weight excluding hydrogens is 398 g/mol. The summed E-state index contributed by atoms with van der Waals surface area (Å²) < 4.78 is 27.2. The average molecular weight is 422 g/mol. The number of amides is 1. The molecule has 2 aromatic rings. The molecule has 0 saturated carbocycles. The highest BCUT2D eigenvalue weighted by Gasteiger charge is 2.34. The molecule has 2 bridgehead atoms. The van der Waals surface area contributed by atoms with Crippen molar-refractivity contribution in [2.24, 2.45) is 0 Å². The zero-order chi connectivity index (χ0) is 18.9. The summed E-state index contributed by atoms with van der Waals surface area (Å²) in [5, 5.41) is 6.67. The number of benzene rings is 2. The molecule has 0 aliphatic carbocycles. The summed E-state index contributed by atoms with van der Waals surface area (Å²) in [4.78, 5) is 12.7. The Kier molecular flexibility index (Phi) is 6.27. The van der Waals surface area contributed by atoms with Crippen molar-refractivity contribution < 1.29 is 13.2 Å². The number of anilines is 1. The minimum absolute atomic E-state index is 0. The van der Waals surface area contributed by atoms with Gasteiger partial charge in [0.05, 0.1) is 4.90 Å². The second kappa shape index (κ2) is 8.51. The number of hydrogen-bond donors (Lipinski definition) is 3. The first kappa shape index (κ1) is 20.6. The van der Waals surface area contributed by atoms with Crippen molar-refractivity contribution in [3.63, 3.8) is 0 Å². The van der Waals surface area contributed by atoms with Gasteiger partial charge in [0, 0.05) is 29.4 Å². The highest BCUT2D eigenvalue weighted by atomic mass is 35.5. The largest absolute Gasteiger partial charge is 0.349 e. The predicted octanol–water partition coefficient (Wildman–Crippen LogP) is 2.92. The monoisotopic (exact) mass is 421 g/mol. The Balaban J connectivity index is 0.00000225. The molecule has 3 N–H and O–H groups in total. The molecule has 0 radical (unpaired) electrons. The van der Waals surface area contributed by atoms with Crippen molar-refractivity contribution in [3.8, 4) is 0 Å². The lowest BCUT2D eigenvalue weighted by atomic mass is 9.99. The number of carbonyl (C=O) groups is 1. The lowest BCUT2D eigenvalue weighted by Crippen LogP contribution is -2.48. The Hall–Kier alpha value is -2.09. The van der Waals surface area contributed by atoms with E-state index < -0.39 is 10.0 Å². The Morgan fingerprint density at radius 2 is 1.54 bits per heavy atom. The van der Waals surface area contributed by atoms with Crippen LogP contribution in [0.3, 0.4) is 0 Å². The molecule has 8 heteroatoms. The first-order valence-electron chi connectivity index (χ1n) is 9.24. The van der Waals surface area contributed by atoms with Crippen LogP contribution < -0.4 is 15.4 Å². The molecular formula is C20H24ClN3O3S. The van der Waals surface area contributed by atoms with E-state index in [1.54, 1.807) is 42.5 Å². The van der Waals surface area contributed by atoms with Gasteiger partial charge < -0.3 is 10.6 Å². The lowest BCUT2D eigenvalue weighted by Gasteiger charge is -2.29. The third-order valence-electron chi connectivity index (χ3n) is 5.26. The second-order valence-corrected chi connectivity index (χ2v) is 8.96. The van der Waals surface area contributed by atoms with E-state index in [-0.39, 0.29) is 29.3 Å². The van der Waals surface area contributed by atoms with Gasteiger partial charge in [-0.05, 0) is 62.1 Å². The molecule has 1 amide bonds. The number of carbonyl (C=O) groups excluding carboxylic acids is 1. The van der Waals surface area contributed by atoms with Gasteiger partial charge in [-0.2, -0.15) is 0 Å². The van der Waals surface area contributed by atoms with Crippen molar-refractivity contribution in [2.45, 2.75) is 48.7 Å². The molecule has 0 aromatic heterocycles. The first-order chi connectivity index (χ1) is 13.0. The molecule has 28 heavy (non-hydrogen) atoms. The van der Waals surface area contributed by atoms with Gasteiger partial charge in [0.1, 0.15) is 0 Å². The van der Waals surface area contributed by atoms with Crippen LogP contribution in [0.15, 0.2) is 59.5 Å². The van der Waals surface area contributed by atoms with Gasteiger partial charge in [0.15, 0.2) is 0 Å². The van der Waals surface area contributed by atoms with Gasteiger partial charge in [0.25, 0.3) is 15.9 Å². The maximum absolute atomic E-state index is 12.5. The summed E-state index contributed by atoms with van der Waals surface area (Å²) in [5.41, 5.74) is 0.957. The summed E-state index contributed by atoms with van der Waals surface area (Å²) in [6.45, 7) is 0. The molecule has 2 atom stereocenters. The minimum atomic E-state index is -3.63. The van der Waals surface area contributed by atoms with Crippen LogP contribution in [0.25, 0.3) is 0 Å². The smallest absolute Gasteiger partial charge is 0.261 e. The summed E-state index contributed by atoms with van der Waals surface area (Å²) >= 11 is 0. The van der Waals surface area contributed by atoms with Crippen LogP contribution in [0.1, 0.15) is 36.0 Å². The van der Waals surface area contributed by atoms with E-state index in [2.05, 4.69) is 15.4 Å². The molecule has 2 aromatic carbocycles. The number of nitrogens with one attached hydrogen (secondary N) is 3. The standard InChI is InChI=1S/C20H23N3O3S.ClH/c24-20(22-18-12-16-10-11-17(13-18)21-16)14-6-8-15(9-7-14)23-27(25,26)19-4-2-1-3-5-19;/h1-9,16-18,21,23H,10-13H2,(H,22,24);1H. The first-order valence-corrected chi connectivity index (χ1v) is 10.7. The van der Waals surface area contributed by atoms with E-state index in [9.17, 15) is 13.2 Å². The third-order valence-corrected chi connectivity index (χ3v) is 6.66. The van der Waals surface area contributed by atoms with E-state index in [4.69, 9.17) is 0 Å². The van der Waals surface area contributed by atoms with Crippen molar-refractivity contribution >= 4 is 34.0 Å². The molecule has 2 saturated heterocycles. The number of sulfonamides is 1. The molecule has 6 nitrogen and oxygen atoms in total. The topological polar surface area (TPSA) is 87.3 Å². The lowest BCUT2D eigenvalue weighted by molar-refractivity contribution is 0.0924. The third kappa shape index (κ3) is 4.66. The molecule has 2 fully saturated rings. The van der Waals surface area contributed by atoms with E-state index in [0.717, 1.165) is 12.8 Å². The molecule has 0 spiro atoms. The molecule has 2 aliphatic heterocycles. The molecule has 2 heterocycles. The summed E-state index contributed by atoms with van der Waals surface area (Å²) in [6.07, 6.45) is 4.31. The maximum atomic E-state index is 12.5. The Labute approximate surface area is 171 Å². The summed E-state index contributed by atoms with van der Waals surface area (Å²) in [5.74, 6) is -0.112. The highest BCUT2D eigenvalue weighted by molar-refractivity contribution is 7.92. The number of halogens is 1. The predicted molar refractivity (Wildman–Crippen MR) is 111 cm³/mol. The van der Waals surface area contributed by atoms with Crippen molar-refractivity contribution in [1.82, 2.24) is 10.6 Å². The van der Waals surface area contributed by atoms with Gasteiger partial charge in [0.2, 0.25) is 0 Å². The second-order valence-electron chi connectivity index (χ2n) is 7.28. The molecule has 4 rings (SSSR count). The van der Waals surface area contributed by atoms with E-state index >= 15 is 0 Å². The van der Waals surface area contributed by atoms with Crippen LogP contribution >= 0.6 is 12.4 Å². The van der Waals surface area contributed by atoms with Gasteiger partial charge in [-0.25, -0.2) is 8.42 Å². The maximum Gasteiger partial charge on any atom is 0.261 e. The Bertz CT molecular complexity index is 907. The summed E-state index contributed by atoms with van der Waals surface area (Å²) in [6, 6.07) is 15.9. The number of piperidine rings is 1. The Morgan fingerprint density at radius 1 is 0.929 bits per heavy atom. The SMILES string of the molecule is Cl.O=C(NC1CC2CCC(C1)N2)c1ccc(NS(=O)(=O)c2ccccc2)cc1. The van der Waals surface area contributed by atoms with E-state index in [1.807, 2.05) is 0 Å².